The van der Waals surface area contributed by atoms with Gasteiger partial charge in [0.2, 0.25) is 0 Å². The van der Waals surface area contributed by atoms with Crippen LogP contribution in [0.2, 0.25) is 0 Å². The lowest BCUT2D eigenvalue weighted by molar-refractivity contribution is -0.137. The van der Waals surface area contributed by atoms with Crippen molar-refractivity contribution in [3.05, 3.63) is 41.2 Å². The van der Waals surface area contributed by atoms with Crippen LogP contribution in [0.3, 0.4) is 0 Å². The minimum atomic E-state index is -4.46. The van der Waals surface area contributed by atoms with E-state index in [-0.39, 0.29) is 5.56 Å². The molecule has 0 bridgehead atoms. The van der Waals surface area contributed by atoms with Crippen molar-refractivity contribution >= 4 is 17.3 Å². The summed E-state index contributed by atoms with van der Waals surface area (Å²) in [4.78, 5) is 17.9. The Morgan fingerprint density at radius 3 is 1.91 bits per heavy atom. The number of rotatable bonds is 3. The molecule has 0 atom stereocenters. The van der Waals surface area contributed by atoms with Crippen LogP contribution in [0.4, 0.5) is 30.5 Å². The number of benzene rings is 1. The molecular weight excluding hydrogens is 419 g/mol. The first-order chi connectivity index (χ1) is 15.2. The Morgan fingerprint density at radius 1 is 0.844 bits per heavy atom. The molecule has 2 aliphatic heterocycles. The molecule has 0 aliphatic carbocycles. The number of nitrogens with zero attached hydrogens (tertiary/aromatic N) is 7. The highest BCUT2D eigenvalue weighted by molar-refractivity contribution is 5.62. The van der Waals surface area contributed by atoms with Crippen LogP contribution in [0.5, 0.6) is 0 Å². The Hall–Kier alpha value is -3.06. The minimum Gasteiger partial charge on any atom is -0.367 e. The maximum Gasteiger partial charge on any atom is 0.416 e. The van der Waals surface area contributed by atoms with Gasteiger partial charge in [-0.2, -0.15) is 18.4 Å². The van der Waals surface area contributed by atoms with Crippen molar-refractivity contribution in [2.45, 2.75) is 13.1 Å². The zero-order chi connectivity index (χ0) is 22.9. The predicted molar refractivity (Wildman–Crippen MR) is 117 cm³/mol. The molecule has 3 heterocycles. The molecule has 10 heteroatoms. The maximum absolute atomic E-state index is 13.0. The van der Waals surface area contributed by atoms with E-state index >= 15 is 0 Å². The molecule has 2 saturated heterocycles. The molecule has 0 spiro atoms. The van der Waals surface area contributed by atoms with Crippen LogP contribution in [0.1, 0.15) is 17.0 Å². The summed E-state index contributed by atoms with van der Waals surface area (Å²) in [6.45, 7) is 8.21. The quantitative estimate of drug-likeness (QED) is 0.720. The first-order valence-electron chi connectivity index (χ1n) is 10.6. The normalized spacial score (nSPS) is 18.1. The molecular formula is C22H26F3N7. The van der Waals surface area contributed by atoms with Gasteiger partial charge in [0, 0.05) is 58.4 Å². The molecule has 0 N–H and O–H groups in total. The van der Waals surface area contributed by atoms with E-state index in [4.69, 9.17) is 0 Å². The number of anilines is 3. The third-order valence-electron chi connectivity index (χ3n) is 6.03. The van der Waals surface area contributed by atoms with E-state index in [2.05, 4.69) is 31.7 Å². The Kier molecular flexibility index (Phi) is 6.11. The molecule has 0 radical (unpaired) electrons. The molecule has 0 saturated carbocycles. The van der Waals surface area contributed by atoms with Crippen LogP contribution in [-0.2, 0) is 6.18 Å². The first-order valence-corrected chi connectivity index (χ1v) is 10.6. The van der Waals surface area contributed by atoms with Crippen molar-refractivity contribution in [2.24, 2.45) is 0 Å². The second-order valence-electron chi connectivity index (χ2n) is 8.24. The van der Waals surface area contributed by atoms with Crippen molar-refractivity contribution < 1.29 is 13.2 Å². The summed E-state index contributed by atoms with van der Waals surface area (Å²) in [5.41, 5.74) is -0.218. The molecule has 0 unspecified atom stereocenters. The van der Waals surface area contributed by atoms with E-state index in [9.17, 15) is 18.4 Å². The number of halogens is 3. The van der Waals surface area contributed by atoms with Gasteiger partial charge in [0.1, 0.15) is 23.5 Å². The third kappa shape index (κ3) is 4.72. The van der Waals surface area contributed by atoms with Gasteiger partial charge < -0.3 is 19.6 Å². The van der Waals surface area contributed by atoms with E-state index < -0.39 is 11.7 Å². The molecule has 2 aromatic rings. The number of hydrogen-bond donors (Lipinski definition) is 0. The zero-order valence-electron chi connectivity index (χ0n) is 18.2. The van der Waals surface area contributed by atoms with Crippen LogP contribution in [0.15, 0.2) is 24.3 Å². The topological polar surface area (TPSA) is 62.5 Å². The zero-order valence-corrected chi connectivity index (χ0v) is 18.2. The average Bonchev–Trinajstić information content (AvgIpc) is 2.78. The van der Waals surface area contributed by atoms with Crippen LogP contribution >= 0.6 is 0 Å². The number of aryl methyl sites for hydroxylation is 1. The number of piperazine rings is 2. The van der Waals surface area contributed by atoms with E-state index in [1.807, 2.05) is 24.0 Å². The number of likely N-dealkylation sites (N-methyl/N-ethyl adjacent to an activating group) is 1. The molecule has 2 fully saturated rings. The summed E-state index contributed by atoms with van der Waals surface area (Å²) in [7, 11) is 2.11. The van der Waals surface area contributed by atoms with Gasteiger partial charge in [0.15, 0.2) is 0 Å². The number of hydrogen-bond acceptors (Lipinski definition) is 7. The van der Waals surface area contributed by atoms with E-state index in [1.165, 1.54) is 6.07 Å². The fourth-order valence-electron chi connectivity index (χ4n) is 4.15. The monoisotopic (exact) mass is 445 g/mol. The number of alkyl halides is 3. The van der Waals surface area contributed by atoms with Gasteiger partial charge in [-0.25, -0.2) is 9.97 Å². The van der Waals surface area contributed by atoms with Crippen LogP contribution in [0.25, 0.3) is 0 Å². The molecule has 2 aliphatic rings. The van der Waals surface area contributed by atoms with E-state index in [0.717, 1.165) is 49.9 Å². The largest absolute Gasteiger partial charge is 0.416 e. The number of aromatic nitrogens is 2. The summed E-state index contributed by atoms with van der Waals surface area (Å²) in [5.74, 6) is 2.50. The van der Waals surface area contributed by atoms with Gasteiger partial charge in [-0.3, -0.25) is 0 Å². The summed E-state index contributed by atoms with van der Waals surface area (Å²) >= 11 is 0. The lowest BCUT2D eigenvalue weighted by Crippen LogP contribution is -2.47. The molecule has 0 amide bonds. The highest BCUT2D eigenvalue weighted by atomic mass is 19.4. The Balaban J connectivity index is 1.47. The van der Waals surface area contributed by atoms with Crippen LogP contribution in [-0.4, -0.2) is 74.3 Å². The highest BCUT2D eigenvalue weighted by Crippen LogP contribution is 2.33. The fraction of sp³-hybridized carbons (Fsp3) is 0.500. The SMILES string of the molecule is Cc1nc(N2CCN(C)CC2)cc(N2CCN(c3ccc(C(F)(F)F)cc3C#N)CC2)n1. The smallest absolute Gasteiger partial charge is 0.367 e. The Labute approximate surface area is 185 Å². The molecule has 1 aromatic carbocycles. The first kappa shape index (κ1) is 22.1. The lowest BCUT2D eigenvalue weighted by atomic mass is 10.1. The standard InChI is InChI=1S/C22H26F3N7/c1-16-27-20(31-7-5-29(2)6-8-31)14-21(28-16)32-11-9-30(10-12-32)19-4-3-18(22(23,24)25)13-17(19)15-26/h3-4,13-14H,5-12H2,1-2H3. The molecule has 170 valence electrons. The maximum atomic E-state index is 13.0. The van der Waals surface area contributed by atoms with Gasteiger partial charge in [0.25, 0.3) is 0 Å². The molecule has 1 aromatic heterocycles. The van der Waals surface area contributed by atoms with Crippen molar-refractivity contribution in [1.82, 2.24) is 14.9 Å². The molecule has 4 rings (SSSR count). The van der Waals surface area contributed by atoms with Gasteiger partial charge >= 0.3 is 6.18 Å². The van der Waals surface area contributed by atoms with Crippen LogP contribution in [0, 0.1) is 18.3 Å². The average molecular weight is 445 g/mol. The molecule has 32 heavy (non-hydrogen) atoms. The lowest BCUT2D eigenvalue weighted by Gasteiger charge is -2.38. The van der Waals surface area contributed by atoms with Crippen molar-refractivity contribution in [1.29, 1.82) is 5.26 Å². The summed E-state index contributed by atoms with van der Waals surface area (Å²) < 4.78 is 39.0. The fourth-order valence-corrected chi connectivity index (χ4v) is 4.15. The van der Waals surface area contributed by atoms with Gasteiger partial charge in [-0.1, -0.05) is 0 Å². The van der Waals surface area contributed by atoms with E-state index in [1.54, 1.807) is 0 Å². The highest BCUT2D eigenvalue weighted by Gasteiger charge is 2.32. The van der Waals surface area contributed by atoms with Crippen LogP contribution < -0.4 is 14.7 Å². The Bertz CT molecular complexity index is 1000. The number of nitriles is 1. The van der Waals surface area contributed by atoms with Crippen molar-refractivity contribution in [3.63, 3.8) is 0 Å². The van der Waals surface area contributed by atoms with Gasteiger partial charge in [-0.05, 0) is 32.2 Å². The predicted octanol–water partition coefficient (Wildman–Crippen LogP) is 2.75. The summed E-state index contributed by atoms with van der Waals surface area (Å²) in [5, 5.41) is 9.39. The van der Waals surface area contributed by atoms with E-state index in [0.29, 0.717) is 37.7 Å². The Morgan fingerprint density at radius 2 is 1.38 bits per heavy atom. The second-order valence-corrected chi connectivity index (χ2v) is 8.24. The van der Waals surface area contributed by atoms with Gasteiger partial charge in [0.05, 0.1) is 16.8 Å². The summed E-state index contributed by atoms with van der Waals surface area (Å²) in [6.07, 6.45) is -4.46. The van der Waals surface area contributed by atoms with Crippen molar-refractivity contribution in [3.8, 4) is 6.07 Å². The van der Waals surface area contributed by atoms with Gasteiger partial charge in [-0.15, -0.1) is 0 Å². The third-order valence-corrected chi connectivity index (χ3v) is 6.03. The second kappa shape index (κ2) is 8.82. The summed E-state index contributed by atoms with van der Waals surface area (Å²) in [6, 6.07) is 7.31. The minimum absolute atomic E-state index is 0.0449. The molecule has 7 nitrogen and oxygen atoms in total. The van der Waals surface area contributed by atoms with Crippen molar-refractivity contribution in [2.75, 3.05) is 74.1 Å².